The highest BCUT2D eigenvalue weighted by atomic mass is 127. The highest BCUT2D eigenvalue weighted by Crippen LogP contribution is 2.24. The van der Waals surface area contributed by atoms with E-state index in [-0.39, 0.29) is 5.91 Å². The number of hydrogen-bond donors (Lipinski definition) is 1. The third-order valence-electron chi connectivity index (χ3n) is 3.11. The summed E-state index contributed by atoms with van der Waals surface area (Å²) in [5.41, 5.74) is 3.55. The van der Waals surface area contributed by atoms with Gasteiger partial charge in [0, 0.05) is 9.26 Å². The van der Waals surface area contributed by atoms with Crippen LogP contribution in [-0.2, 0) is 0 Å². The lowest BCUT2D eigenvalue weighted by atomic mass is 10.1. The minimum atomic E-state index is -0.161. The second-order valence-electron chi connectivity index (χ2n) is 4.57. The number of para-hydroxylation sites is 1. The van der Waals surface area contributed by atoms with Gasteiger partial charge in [0.1, 0.15) is 5.75 Å². The van der Waals surface area contributed by atoms with Crippen LogP contribution in [0.2, 0.25) is 0 Å². The van der Waals surface area contributed by atoms with Gasteiger partial charge in [-0.1, -0.05) is 12.1 Å². The molecule has 2 aromatic rings. The van der Waals surface area contributed by atoms with E-state index >= 15 is 0 Å². The van der Waals surface area contributed by atoms with Crippen LogP contribution in [0.5, 0.6) is 5.75 Å². The van der Waals surface area contributed by atoms with Crippen molar-refractivity contribution in [2.75, 3.05) is 12.4 Å². The van der Waals surface area contributed by atoms with Gasteiger partial charge in [-0.3, -0.25) is 4.79 Å². The number of ether oxygens (including phenoxy) is 1. The molecule has 4 heteroatoms. The molecular formula is C16H16INO2. The van der Waals surface area contributed by atoms with E-state index < -0.39 is 0 Å². The first-order valence-corrected chi connectivity index (χ1v) is 7.32. The highest BCUT2D eigenvalue weighted by molar-refractivity contribution is 14.1. The summed E-state index contributed by atoms with van der Waals surface area (Å²) >= 11 is 2.29. The first kappa shape index (κ1) is 14.8. The van der Waals surface area contributed by atoms with Crippen LogP contribution >= 0.6 is 22.6 Å². The molecule has 0 aliphatic heterocycles. The zero-order valence-electron chi connectivity index (χ0n) is 11.7. The number of rotatable bonds is 3. The molecule has 0 aliphatic carbocycles. The van der Waals surface area contributed by atoms with Gasteiger partial charge in [0.05, 0.1) is 12.7 Å². The number of benzene rings is 2. The molecule has 1 amide bonds. The molecule has 104 valence electrons. The normalized spacial score (nSPS) is 10.2. The molecule has 0 atom stereocenters. The average Bonchev–Trinajstić information content (AvgIpc) is 2.44. The Balaban J connectivity index is 2.30. The smallest absolute Gasteiger partial charge is 0.259 e. The lowest BCUT2D eigenvalue weighted by Gasteiger charge is -2.12. The Morgan fingerprint density at radius 2 is 1.85 bits per heavy atom. The number of methoxy groups -OCH3 is 1. The van der Waals surface area contributed by atoms with Crippen molar-refractivity contribution < 1.29 is 9.53 Å². The topological polar surface area (TPSA) is 38.3 Å². The molecule has 0 saturated heterocycles. The number of nitrogens with one attached hydrogen (secondary N) is 1. The molecule has 0 bridgehead atoms. The summed E-state index contributed by atoms with van der Waals surface area (Å²) in [6, 6.07) is 11.3. The van der Waals surface area contributed by atoms with Crippen LogP contribution in [0.15, 0.2) is 36.4 Å². The van der Waals surface area contributed by atoms with Gasteiger partial charge >= 0.3 is 0 Å². The van der Waals surface area contributed by atoms with Crippen molar-refractivity contribution in [1.29, 1.82) is 0 Å². The Labute approximate surface area is 132 Å². The Hall–Kier alpha value is -1.56. The zero-order chi connectivity index (χ0) is 14.7. The number of anilines is 1. The van der Waals surface area contributed by atoms with E-state index in [1.54, 1.807) is 19.2 Å². The van der Waals surface area contributed by atoms with Gasteiger partial charge in [-0.15, -0.1) is 0 Å². The van der Waals surface area contributed by atoms with Crippen LogP contribution in [0.25, 0.3) is 0 Å². The first-order chi connectivity index (χ1) is 9.52. The summed E-state index contributed by atoms with van der Waals surface area (Å²) in [5.74, 6) is 0.413. The summed E-state index contributed by atoms with van der Waals surface area (Å²) in [5, 5.41) is 2.95. The fourth-order valence-electron chi connectivity index (χ4n) is 1.94. The van der Waals surface area contributed by atoms with E-state index in [0.29, 0.717) is 11.3 Å². The maximum atomic E-state index is 12.3. The third kappa shape index (κ3) is 3.12. The van der Waals surface area contributed by atoms with Crippen molar-refractivity contribution in [3.8, 4) is 5.75 Å². The molecule has 0 saturated carbocycles. The zero-order valence-corrected chi connectivity index (χ0v) is 13.8. The van der Waals surface area contributed by atoms with Crippen LogP contribution in [0.1, 0.15) is 21.5 Å². The summed E-state index contributed by atoms with van der Waals surface area (Å²) in [4.78, 5) is 12.3. The molecule has 0 unspecified atom stereocenters. The van der Waals surface area contributed by atoms with Gasteiger partial charge in [-0.2, -0.15) is 0 Å². The van der Waals surface area contributed by atoms with Crippen molar-refractivity contribution in [1.82, 2.24) is 0 Å². The fraction of sp³-hybridized carbons (Fsp3) is 0.188. The summed E-state index contributed by atoms with van der Waals surface area (Å²) < 4.78 is 6.41. The molecule has 20 heavy (non-hydrogen) atoms. The van der Waals surface area contributed by atoms with E-state index in [1.807, 2.05) is 32.0 Å². The second kappa shape index (κ2) is 6.26. The van der Waals surface area contributed by atoms with E-state index in [2.05, 4.69) is 34.0 Å². The Bertz CT molecular complexity index is 653. The number of carbonyl (C=O) groups is 1. The lowest BCUT2D eigenvalue weighted by Crippen LogP contribution is -2.14. The molecular weight excluding hydrogens is 365 g/mol. The van der Waals surface area contributed by atoms with Gasteiger partial charge in [0.25, 0.3) is 5.91 Å². The monoisotopic (exact) mass is 381 g/mol. The van der Waals surface area contributed by atoms with E-state index in [1.165, 1.54) is 3.57 Å². The second-order valence-corrected chi connectivity index (χ2v) is 5.73. The summed E-state index contributed by atoms with van der Waals surface area (Å²) in [7, 11) is 1.56. The molecule has 0 spiro atoms. The molecule has 0 fully saturated rings. The van der Waals surface area contributed by atoms with Crippen molar-refractivity contribution in [2.45, 2.75) is 13.8 Å². The minimum Gasteiger partial charge on any atom is -0.496 e. The fourth-order valence-corrected chi connectivity index (χ4v) is 2.56. The molecule has 0 aliphatic rings. The van der Waals surface area contributed by atoms with E-state index in [0.717, 1.165) is 16.8 Å². The number of amides is 1. The number of halogens is 1. The highest BCUT2D eigenvalue weighted by Gasteiger charge is 2.13. The predicted octanol–water partition coefficient (Wildman–Crippen LogP) is 4.17. The first-order valence-electron chi connectivity index (χ1n) is 6.24. The summed E-state index contributed by atoms with van der Waals surface area (Å²) in [6.07, 6.45) is 0. The maximum Gasteiger partial charge on any atom is 0.259 e. The predicted molar refractivity (Wildman–Crippen MR) is 89.6 cm³/mol. The standard InChI is InChI=1S/C16H16INO2/c1-10-9-14(11(2)8-13(10)17)18-16(19)12-6-4-5-7-15(12)20-3/h4-9H,1-3H3,(H,18,19). The van der Waals surface area contributed by atoms with Gasteiger partial charge in [0.2, 0.25) is 0 Å². The number of carbonyl (C=O) groups excluding carboxylic acids is 1. The Kier molecular flexibility index (Phi) is 4.65. The minimum absolute atomic E-state index is 0.161. The molecule has 2 aromatic carbocycles. The molecule has 0 radical (unpaired) electrons. The van der Waals surface area contributed by atoms with E-state index in [4.69, 9.17) is 4.74 Å². The van der Waals surface area contributed by atoms with Crippen LogP contribution in [0.3, 0.4) is 0 Å². The van der Waals surface area contributed by atoms with E-state index in [9.17, 15) is 4.79 Å². The quantitative estimate of drug-likeness (QED) is 0.811. The van der Waals surface area contributed by atoms with Gasteiger partial charge < -0.3 is 10.1 Å². The SMILES string of the molecule is COc1ccccc1C(=O)Nc1cc(C)c(I)cc1C. The van der Waals surface area contributed by atoms with Crippen LogP contribution in [0, 0.1) is 17.4 Å². The van der Waals surface area contributed by atoms with Crippen molar-refractivity contribution in [2.24, 2.45) is 0 Å². The third-order valence-corrected chi connectivity index (χ3v) is 4.27. The largest absolute Gasteiger partial charge is 0.496 e. The maximum absolute atomic E-state index is 12.3. The Morgan fingerprint density at radius 3 is 2.55 bits per heavy atom. The lowest BCUT2D eigenvalue weighted by molar-refractivity contribution is 0.102. The number of hydrogen-bond acceptors (Lipinski definition) is 2. The molecule has 3 nitrogen and oxygen atoms in total. The molecule has 0 heterocycles. The average molecular weight is 381 g/mol. The number of aryl methyl sites for hydroxylation is 2. The van der Waals surface area contributed by atoms with Crippen LogP contribution in [0.4, 0.5) is 5.69 Å². The van der Waals surface area contributed by atoms with Gasteiger partial charge in [0.15, 0.2) is 0 Å². The molecule has 1 N–H and O–H groups in total. The molecule has 0 aromatic heterocycles. The van der Waals surface area contributed by atoms with Crippen molar-refractivity contribution in [3.05, 3.63) is 56.7 Å². The van der Waals surface area contributed by atoms with Crippen molar-refractivity contribution in [3.63, 3.8) is 0 Å². The van der Waals surface area contributed by atoms with Crippen molar-refractivity contribution >= 4 is 34.2 Å². The van der Waals surface area contributed by atoms with Crippen LogP contribution < -0.4 is 10.1 Å². The van der Waals surface area contributed by atoms with Gasteiger partial charge in [-0.05, 0) is 71.8 Å². The summed E-state index contributed by atoms with van der Waals surface area (Å²) in [6.45, 7) is 4.01. The molecule has 2 rings (SSSR count). The van der Waals surface area contributed by atoms with Crippen LogP contribution in [-0.4, -0.2) is 13.0 Å². The van der Waals surface area contributed by atoms with Gasteiger partial charge in [-0.25, -0.2) is 0 Å². The Morgan fingerprint density at radius 1 is 1.15 bits per heavy atom.